The van der Waals surface area contributed by atoms with Gasteiger partial charge in [0, 0.05) is 25.2 Å². The highest BCUT2D eigenvalue weighted by molar-refractivity contribution is 6.07. The normalized spacial score (nSPS) is 20.9. The van der Waals surface area contributed by atoms with Gasteiger partial charge in [0.25, 0.3) is 0 Å². The van der Waals surface area contributed by atoms with Crippen LogP contribution < -0.4 is 21.1 Å². The summed E-state index contributed by atoms with van der Waals surface area (Å²) in [4.78, 5) is 30.9. The van der Waals surface area contributed by atoms with Gasteiger partial charge in [0.1, 0.15) is 11.6 Å². The second-order valence-electron chi connectivity index (χ2n) is 17.6. The van der Waals surface area contributed by atoms with Crippen LogP contribution in [0, 0.1) is 23.7 Å². The Morgan fingerprint density at radius 1 is 0.887 bits per heavy atom. The van der Waals surface area contributed by atoms with Crippen LogP contribution in [0.3, 0.4) is 0 Å². The van der Waals surface area contributed by atoms with Crippen LogP contribution in [0.4, 0.5) is 5.82 Å². The summed E-state index contributed by atoms with van der Waals surface area (Å²) in [5, 5.41) is 38.5. The average molecular weight is 841 g/mol. The number of nitrogens with zero attached hydrogens (tertiary/aromatic N) is 1. The molecule has 3 aromatic carbocycles. The van der Waals surface area contributed by atoms with Gasteiger partial charge >= 0.3 is 0 Å². The zero-order chi connectivity index (χ0) is 43.3. The molecule has 3 heterocycles. The lowest BCUT2D eigenvalue weighted by Gasteiger charge is -2.50. The van der Waals surface area contributed by atoms with E-state index in [9.17, 15) is 24.9 Å². The second kappa shape index (κ2) is 22.3. The Bertz CT molecular complexity index is 2190. The molecule has 328 valence electrons. The number of ether oxygens (including phenoxy) is 1. The number of fused-ring (bicyclic) bond motifs is 2. The molecule has 3 aliphatic rings. The molecule has 5 unspecified atom stereocenters. The molecule has 0 bridgehead atoms. The first-order chi connectivity index (χ1) is 30.3. The topological polar surface area (TPSA) is 167 Å². The molecule has 2 fully saturated rings. The van der Waals surface area contributed by atoms with E-state index >= 15 is 0 Å². The van der Waals surface area contributed by atoms with Gasteiger partial charge in [-0.25, -0.2) is 4.98 Å². The Kier molecular flexibility index (Phi) is 16.1. The second-order valence-corrected chi connectivity index (χ2v) is 17.6. The maximum absolute atomic E-state index is 13.4. The van der Waals surface area contributed by atoms with Gasteiger partial charge in [-0.1, -0.05) is 79.6 Å². The van der Waals surface area contributed by atoms with Crippen molar-refractivity contribution >= 4 is 23.0 Å². The standard InChI is InChI=1S/C52H64N4O6/c53-51-28-38(19-18-37-12-7-11-36(23-37)17-16-35-9-3-1-4-10-35)41(32-56-51)25-40-27-49(61)50(62-34-58)30-48(40)43(33-57)26-45(60)29-44(59)14-5-2-6-15-47-46-20-22-54-31-42(46)24-39-13-8-21-55-52(39)47/h1,3-4,7-13,23,26-28,30,32,39,42,46-47,52,54-55,57-58,61H,2,5-6,14-22,24-25,29,31,33-34H2,(H2,53,56). The number of phenols is 1. The minimum Gasteiger partial charge on any atom is -0.504 e. The van der Waals surface area contributed by atoms with Crippen LogP contribution in [0.1, 0.15) is 90.3 Å². The quantitative estimate of drug-likeness (QED) is 0.0168. The Morgan fingerprint density at radius 2 is 1.68 bits per heavy atom. The van der Waals surface area contributed by atoms with Crippen molar-refractivity contribution in [2.45, 2.75) is 89.5 Å². The highest BCUT2D eigenvalue weighted by Gasteiger charge is 2.44. The summed E-state index contributed by atoms with van der Waals surface area (Å²) in [5.41, 5.74) is 13.2. The summed E-state index contributed by atoms with van der Waals surface area (Å²) in [5.74, 6) is 2.43. The number of allylic oxidation sites excluding steroid dienone is 1. The number of hydrogen-bond acceptors (Lipinski definition) is 10. The van der Waals surface area contributed by atoms with Crippen molar-refractivity contribution in [3.8, 4) is 11.5 Å². The van der Waals surface area contributed by atoms with E-state index < -0.39 is 19.2 Å². The maximum Gasteiger partial charge on any atom is 0.186 e. The molecule has 0 amide bonds. The molecule has 0 radical (unpaired) electrons. The van der Waals surface area contributed by atoms with Gasteiger partial charge in [-0.3, -0.25) is 9.59 Å². The first-order valence-electron chi connectivity index (χ1n) is 22.7. The summed E-state index contributed by atoms with van der Waals surface area (Å²) in [6, 6.07) is 24.6. The third kappa shape index (κ3) is 12.1. The number of piperidine rings is 1. The number of carbonyl (C=O) groups is 2. The van der Waals surface area contributed by atoms with Crippen LogP contribution in [0.15, 0.2) is 97.2 Å². The fraction of sp³-hybridized carbons (Fsp3) is 0.442. The molecule has 1 aliphatic carbocycles. The van der Waals surface area contributed by atoms with Gasteiger partial charge in [0.2, 0.25) is 0 Å². The van der Waals surface area contributed by atoms with E-state index in [0.717, 1.165) is 87.5 Å². The van der Waals surface area contributed by atoms with E-state index in [2.05, 4.69) is 76.3 Å². The summed E-state index contributed by atoms with van der Waals surface area (Å²) in [6.45, 7) is 1.99. The van der Waals surface area contributed by atoms with Crippen molar-refractivity contribution in [3.63, 3.8) is 0 Å². The van der Waals surface area contributed by atoms with E-state index in [0.29, 0.717) is 54.1 Å². The first kappa shape index (κ1) is 44.9. The lowest BCUT2D eigenvalue weighted by molar-refractivity contribution is -0.124. The Labute approximate surface area is 366 Å². The monoisotopic (exact) mass is 840 g/mol. The van der Waals surface area contributed by atoms with Crippen LogP contribution in [-0.2, 0) is 41.7 Å². The van der Waals surface area contributed by atoms with Crippen LogP contribution in [0.5, 0.6) is 11.5 Å². The number of rotatable bonds is 21. The number of aliphatic hydroxyl groups excluding tert-OH is 2. The molecule has 4 aromatic rings. The number of anilines is 1. The number of Topliss-reactive ketones (excluding diaryl/α,β-unsaturated/α-hetero) is 1. The fourth-order valence-corrected chi connectivity index (χ4v) is 10.3. The van der Waals surface area contributed by atoms with Gasteiger partial charge in [0.05, 0.1) is 13.0 Å². The summed E-state index contributed by atoms with van der Waals surface area (Å²) in [7, 11) is 0. The number of aryl methyl sites for hydroxylation is 4. The number of pyridine rings is 1. The minimum absolute atomic E-state index is 0.00656. The molecular weight excluding hydrogens is 777 g/mol. The number of aliphatic hydroxyl groups is 2. The average Bonchev–Trinajstić information content (AvgIpc) is 3.28. The van der Waals surface area contributed by atoms with Crippen LogP contribution in [-0.4, -0.2) is 70.9 Å². The first-order valence-corrected chi connectivity index (χ1v) is 22.7. The van der Waals surface area contributed by atoms with Crippen molar-refractivity contribution in [3.05, 3.63) is 136 Å². The third-order valence-corrected chi connectivity index (χ3v) is 13.4. The van der Waals surface area contributed by atoms with Crippen molar-refractivity contribution in [2.24, 2.45) is 23.7 Å². The molecule has 2 aliphatic heterocycles. The van der Waals surface area contributed by atoms with Crippen LogP contribution in [0.2, 0.25) is 0 Å². The molecule has 1 saturated heterocycles. The lowest BCUT2D eigenvalue weighted by atomic mass is 9.61. The predicted octanol–water partition coefficient (Wildman–Crippen LogP) is 7.10. The Balaban J connectivity index is 0.975. The molecule has 1 aromatic heterocycles. The molecule has 0 spiro atoms. The third-order valence-electron chi connectivity index (χ3n) is 13.4. The van der Waals surface area contributed by atoms with Gasteiger partial charge < -0.3 is 36.4 Å². The SMILES string of the molecule is Nc1cc(CCc2cccc(CCc3ccccc3)c2)c(Cc2cc(O)c(OCO)cc2C(=CC(=O)CC(=O)CCCCCC2C3CCNCC3CC3C=CCNC32)CO)cn1. The number of unbranched alkanes of at least 4 members (excludes halogenated alkanes) is 2. The van der Waals surface area contributed by atoms with Crippen LogP contribution in [0.25, 0.3) is 5.57 Å². The minimum atomic E-state index is -0.675. The van der Waals surface area contributed by atoms with Crippen molar-refractivity contribution in [1.82, 2.24) is 15.6 Å². The van der Waals surface area contributed by atoms with E-state index in [1.165, 1.54) is 47.7 Å². The molecule has 10 heteroatoms. The van der Waals surface area contributed by atoms with Crippen LogP contribution >= 0.6 is 0 Å². The van der Waals surface area contributed by atoms with Gasteiger partial charge in [-0.15, -0.1) is 0 Å². The number of nitrogen functional groups attached to an aromatic ring is 1. The lowest BCUT2D eigenvalue weighted by Crippen LogP contribution is -2.55. The number of aromatic nitrogens is 1. The Morgan fingerprint density at radius 3 is 2.48 bits per heavy atom. The van der Waals surface area contributed by atoms with E-state index in [4.69, 9.17) is 10.5 Å². The molecule has 10 nitrogen and oxygen atoms in total. The van der Waals surface area contributed by atoms with Crippen molar-refractivity contribution in [1.29, 1.82) is 0 Å². The fourth-order valence-electron chi connectivity index (χ4n) is 10.3. The molecule has 7 rings (SSSR count). The largest absolute Gasteiger partial charge is 0.504 e. The smallest absolute Gasteiger partial charge is 0.186 e. The summed E-state index contributed by atoms with van der Waals surface area (Å²) < 4.78 is 5.30. The number of hydrogen-bond donors (Lipinski definition) is 6. The number of nitrogens with one attached hydrogen (secondary N) is 2. The van der Waals surface area contributed by atoms with E-state index in [-0.39, 0.29) is 29.3 Å². The van der Waals surface area contributed by atoms with Crippen molar-refractivity contribution < 1.29 is 29.6 Å². The highest BCUT2D eigenvalue weighted by atomic mass is 16.6. The Hall–Kier alpha value is -5.13. The zero-order valence-electron chi connectivity index (χ0n) is 35.9. The number of benzene rings is 3. The number of ketones is 2. The maximum atomic E-state index is 13.4. The number of carbonyl (C=O) groups excluding carboxylic acids is 2. The number of phenolic OH excluding ortho intramolecular Hbond substituents is 1. The molecule has 62 heavy (non-hydrogen) atoms. The number of nitrogens with two attached hydrogens (primary N) is 1. The zero-order valence-corrected chi connectivity index (χ0v) is 35.9. The molecule has 1 saturated carbocycles. The summed E-state index contributed by atoms with van der Waals surface area (Å²) in [6.07, 6.45) is 17.9. The van der Waals surface area contributed by atoms with Gasteiger partial charge in [-0.05, 0) is 163 Å². The summed E-state index contributed by atoms with van der Waals surface area (Å²) >= 11 is 0. The molecular formula is C52H64N4O6. The molecule has 7 N–H and O–H groups in total. The number of aromatic hydroxyl groups is 1. The van der Waals surface area contributed by atoms with Gasteiger partial charge in [0.15, 0.2) is 24.1 Å². The predicted molar refractivity (Wildman–Crippen MR) is 245 cm³/mol. The van der Waals surface area contributed by atoms with E-state index in [1.807, 2.05) is 12.1 Å². The highest BCUT2D eigenvalue weighted by Crippen LogP contribution is 2.45. The van der Waals surface area contributed by atoms with Gasteiger partial charge in [-0.2, -0.15) is 0 Å². The van der Waals surface area contributed by atoms with E-state index in [1.54, 1.807) is 6.20 Å². The molecule has 5 atom stereocenters. The van der Waals surface area contributed by atoms with Crippen molar-refractivity contribution in [2.75, 3.05) is 38.8 Å².